The Bertz CT molecular complexity index is 446. The lowest BCUT2D eigenvalue weighted by Gasteiger charge is -1.95. The van der Waals surface area contributed by atoms with Crippen molar-refractivity contribution in [3.63, 3.8) is 0 Å². The third-order valence-electron chi connectivity index (χ3n) is 1.78. The minimum Gasteiger partial charge on any atom is -0.397 e. The average molecular weight is 254 g/mol. The molecule has 0 radical (unpaired) electrons. The van der Waals surface area contributed by atoms with E-state index in [1.807, 2.05) is 13.2 Å². The van der Waals surface area contributed by atoms with E-state index < -0.39 is 0 Å². The Kier molecular flexibility index (Phi) is 4.57. The Morgan fingerprint density at radius 2 is 2.31 bits per heavy atom. The number of thiazole rings is 1. The van der Waals surface area contributed by atoms with Gasteiger partial charge >= 0.3 is 0 Å². The molecule has 6 heteroatoms. The van der Waals surface area contributed by atoms with Crippen LogP contribution < -0.4 is 11.5 Å². The molecule has 16 heavy (non-hydrogen) atoms. The van der Waals surface area contributed by atoms with Gasteiger partial charge in [-0.3, -0.25) is 4.99 Å². The molecule has 1 aromatic rings. The Balaban J connectivity index is 2.82. The molecule has 0 amide bonds. The van der Waals surface area contributed by atoms with Gasteiger partial charge in [0.15, 0.2) is 5.13 Å². The number of nitrogens with zero attached hydrogens (tertiary/aromatic N) is 2. The number of aromatic nitrogens is 1. The lowest BCUT2D eigenvalue weighted by Crippen LogP contribution is -1.96. The van der Waals surface area contributed by atoms with Crippen LogP contribution in [0.1, 0.15) is 10.6 Å². The fourth-order valence-corrected chi connectivity index (χ4v) is 1.95. The Labute approximate surface area is 103 Å². The summed E-state index contributed by atoms with van der Waals surface area (Å²) < 4.78 is 0. The zero-order valence-corrected chi connectivity index (χ0v) is 10.9. The summed E-state index contributed by atoms with van der Waals surface area (Å²) in [6.45, 7) is 5.61. The van der Waals surface area contributed by atoms with Crippen LogP contribution in [-0.4, -0.2) is 17.5 Å². The molecule has 0 atom stereocenters. The summed E-state index contributed by atoms with van der Waals surface area (Å²) in [6.07, 6.45) is 5.27. The van der Waals surface area contributed by atoms with Gasteiger partial charge in [0.1, 0.15) is 0 Å². The standard InChI is InChI=1S/C10H14N4S2/c1-6-9(16-10(12)14-6)8(11)4-5-13-7(2)15-3/h4-5H,2,11H2,1,3H3,(H2,12,14)/b8-4-,13-5?. The van der Waals surface area contributed by atoms with Crippen LogP contribution in [0.3, 0.4) is 0 Å². The van der Waals surface area contributed by atoms with Gasteiger partial charge in [-0.1, -0.05) is 17.9 Å². The number of rotatable bonds is 4. The van der Waals surface area contributed by atoms with Gasteiger partial charge in [-0.05, 0) is 19.3 Å². The maximum Gasteiger partial charge on any atom is 0.180 e. The number of nitrogen functional groups attached to an aromatic ring is 1. The SMILES string of the molecule is C=C(N=C/C=C(\N)c1sc(N)nc1C)SC. The minimum atomic E-state index is 0.523. The normalized spacial score (nSPS) is 12.2. The van der Waals surface area contributed by atoms with Crippen molar-refractivity contribution < 1.29 is 0 Å². The second-order valence-electron chi connectivity index (χ2n) is 2.96. The molecule has 0 aliphatic rings. The summed E-state index contributed by atoms with van der Waals surface area (Å²) in [5, 5.41) is 1.26. The first kappa shape index (κ1) is 12.8. The first-order chi connectivity index (χ1) is 7.54. The van der Waals surface area contributed by atoms with Crippen LogP contribution in [0.2, 0.25) is 0 Å². The maximum atomic E-state index is 5.89. The monoisotopic (exact) mass is 254 g/mol. The molecule has 1 aromatic heterocycles. The number of allylic oxidation sites excluding steroid dienone is 1. The Morgan fingerprint density at radius 1 is 1.62 bits per heavy atom. The summed E-state index contributed by atoms with van der Waals surface area (Å²) in [5.41, 5.74) is 12.9. The van der Waals surface area contributed by atoms with Crippen molar-refractivity contribution in [2.75, 3.05) is 12.0 Å². The van der Waals surface area contributed by atoms with Gasteiger partial charge in [0.05, 0.1) is 21.3 Å². The number of hydrogen-bond donors (Lipinski definition) is 2. The summed E-state index contributed by atoms with van der Waals surface area (Å²) >= 11 is 2.86. The highest BCUT2D eigenvalue weighted by atomic mass is 32.2. The molecule has 0 aromatic carbocycles. The van der Waals surface area contributed by atoms with Gasteiger partial charge in [-0.25, -0.2) is 4.98 Å². The molecule has 1 heterocycles. The van der Waals surface area contributed by atoms with Crippen LogP contribution in [0.4, 0.5) is 5.13 Å². The highest BCUT2D eigenvalue weighted by Crippen LogP contribution is 2.24. The van der Waals surface area contributed by atoms with Gasteiger partial charge in [0.25, 0.3) is 0 Å². The van der Waals surface area contributed by atoms with E-state index in [2.05, 4.69) is 16.6 Å². The van der Waals surface area contributed by atoms with Crippen molar-refractivity contribution >= 4 is 40.1 Å². The maximum absolute atomic E-state index is 5.89. The number of aryl methyl sites for hydroxylation is 1. The molecule has 0 fully saturated rings. The Morgan fingerprint density at radius 3 is 2.81 bits per heavy atom. The predicted octanol–water partition coefficient (Wildman–Crippen LogP) is 2.24. The number of aliphatic imine (C=N–C) groups is 1. The van der Waals surface area contributed by atoms with Crippen LogP contribution in [-0.2, 0) is 0 Å². The number of nitrogens with two attached hydrogens (primary N) is 2. The van der Waals surface area contributed by atoms with Crippen molar-refractivity contribution in [2.24, 2.45) is 10.7 Å². The summed E-state index contributed by atoms with van der Waals surface area (Å²) in [7, 11) is 0. The second-order valence-corrected chi connectivity index (χ2v) is 4.87. The largest absolute Gasteiger partial charge is 0.397 e. The quantitative estimate of drug-likeness (QED) is 0.808. The zero-order valence-electron chi connectivity index (χ0n) is 9.23. The smallest absolute Gasteiger partial charge is 0.180 e. The Hall–Kier alpha value is -1.27. The van der Waals surface area contributed by atoms with Crippen LogP contribution in [0, 0.1) is 6.92 Å². The van der Waals surface area contributed by atoms with E-state index in [1.165, 1.54) is 23.1 Å². The minimum absolute atomic E-state index is 0.523. The van der Waals surface area contributed by atoms with Crippen molar-refractivity contribution in [2.45, 2.75) is 6.92 Å². The molecule has 1 rings (SSSR count). The average Bonchev–Trinajstić information content (AvgIpc) is 2.57. The topological polar surface area (TPSA) is 77.3 Å². The predicted molar refractivity (Wildman–Crippen MR) is 74.6 cm³/mol. The van der Waals surface area contributed by atoms with Crippen LogP contribution in [0.25, 0.3) is 5.70 Å². The van der Waals surface area contributed by atoms with E-state index in [-0.39, 0.29) is 0 Å². The second kappa shape index (κ2) is 5.72. The molecule has 86 valence electrons. The third-order valence-corrected chi connectivity index (χ3v) is 3.40. The number of thioether (sulfide) groups is 1. The lowest BCUT2D eigenvalue weighted by molar-refractivity contribution is 1.25. The molecule has 0 saturated heterocycles. The molecule has 0 bridgehead atoms. The first-order valence-electron chi connectivity index (χ1n) is 4.50. The highest BCUT2D eigenvalue weighted by molar-refractivity contribution is 8.02. The molecule has 0 aliphatic heterocycles. The first-order valence-corrected chi connectivity index (χ1v) is 6.54. The van der Waals surface area contributed by atoms with Crippen LogP contribution >= 0.6 is 23.1 Å². The van der Waals surface area contributed by atoms with E-state index in [0.717, 1.165) is 15.6 Å². The van der Waals surface area contributed by atoms with E-state index >= 15 is 0 Å². The summed E-state index contributed by atoms with van der Waals surface area (Å²) in [5.74, 6) is 0. The van der Waals surface area contributed by atoms with Gasteiger partial charge in [-0.15, -0.1) is 11.8 Å². The molecule has 0 unspecified atom stereocenters. The summed E-state index contributed by atoms with van der Waals surface area (Å²) in [4.78, 5) is 9.07. The van der Waals surface area contributed by atoms with Crippen molar-refractivity contribution in [1.82, 2.24) is 4.98 Å². The van der Waals surface area contributed by atoms with Crippen LogP contribution in [0.5, 0.6) is 0 Å². The molecule has 4 nitrogen and oxygen atoms in total. The third kappa shape index (κ3) is 3.39. The zero-order chi connectivity index (χ0) is 12.1. The van der Waals surface area contributed by atoms with E-state index in [9.17, 15) is 0 Å². The number of hydrogen-bond acceptors (Lipinski definition) is 6. The van der Waals surface area contributed by atoms with Crippen molar-refractivity contribution in [3.8, 4) is 0 Å². The van der Waals surface area contributed by atoms with Gasteiger partial charge in [-0.2, -0.15) is 0 Å². The summed E-state index contributed by atoms with van der Waals surface area (Å²) in [6, 6.07) is 0. The molecular formula is C10H14N4S2. The molecule has 0 saturated carbocycles. The van der Waals surface area contributed by atoms with Gasteiger partial charge in [0, 0.05) is 6.21 Å². The van der Waals surface area contributed by atoms with Crippen molar-refractivity contribution in [3.05, 3.63) is 28.3 Å². The molecule has 4 N–H and O–H groups in total. The van der Waals surface area contributed by atoms with E-state index in [1.54, 1.807) is 12.3 Å². The van der Waals surface area contributed by atoms with Gasteiger partial charge in [0.2, 0.25) is 0 Å². The fraction of sp³-hybridized carbons (Fsp3) is 0.200. The molecule has 0 spiro atoms. The van der Waals surface area contributed by atoms with Gasteiger partial charge < -0.3 is 11.5 Å². The van der Waals surface area contributed by atoms with E-state index in [0.29, 0.717) is 10.8 Å². The lowest BCUT2D eigenvalue weighted by atomic mass is 10.3. The molecule has 0 aliphatic carbocycles. The number of anilines is 1. The fourth-order valence-electron chi connectivity index (χ4n) is 1.01. The molecular weight excluding hydrogens is 240 g/mol. The highest BCUT2D eigenvalue weighted by Gasteiger charge is 2.06. The van der Waals surface area contributed by atoms with E-state index in [4.69, 9.17) is 11.5 Å². The van der Waals surface area contributed by atoms with Crippen molar-refractivity contribution in [1.29, 1.82) is 0 Å². The van der Waals surface area contributed by atoms with Crippen LogP contribution in [0.15, 0.2) is 22.7 Å².